The molecule has 2 rings (SSSR count). The second-order valence-electron chi connectivity index (χ2n) is 4.49. The van der Waals surface area contributed by atoms with Crippen LogP contribution < -0.4 is 5.32 Å². The molecule has 0 spiro atoms. The van der Waals surface area contributed by atoms with Gasteiger partial charge in [-0.05, 0) is 30.5 Å². The van der Waals surface area contributed by atoms with Crippen LogP contribution in [0.1, 0.15) is 18.4 Å². The van der Waals surface area contributed by atoms with Gasteiger partial charge in [0, 0.05) is 6.42 Å². The highest BCUT2D eigenvalue weighted by Crippen LogP contribution is 2.29. The fraction of sp³-hybridized carbons (Fsp3) is 0.188. The molecule has 0 aromatic heterocycles. The van der Waals surface area contributed by atoms with Gasteiger partial charge >= 0.3 is 0 Å². The first-order valence-electron chi connectivity index (χ1n) is 6.44. The third-order valence-corrected chi connectivity index (χ3v) is 3.76. The summed E-state index contributed by atoms with van der Waals surface area (Å²) < 4.78 is 0. The Kier molecular flexibility index (Phi) is 5.45. The van der Waals surface area contributed by atoms with Crippen molar-refractivity contribution in [2.24, 2.45) is 0 Å². The van der Waals surface area contributed by atoms with Crippen LogP contribution in [0.5, 0.6) is 0 Å². The van der Waals surface area contributed by atoms with Gasteiger partial charge in [-0.3, -0.25) is 4.79 Å². The summed E-state index contributed by atoms with van der Waals surface area (Å²) in [7, 11) is 0. The Morgan fingerprint density at radius 2 is 1.75 bits per heavy atom. The smallest absolute Gasteiger partial charge is 0.224 e. The lowest BCUT2D eigenvalue weighted by atomic mass is 10.1. The summed E-state index contributed by atoms with van der Waals surface area (Å²) in [5.74, 6) is -0.0508. The summed E-state index contributed by atoms with van der Waals surface area (Å²) in [5.41, 5.74) is 1.80. The lowest BCUT2D eigenvalue weighted by molar-refractivity contribution is -0.116. The van der Waals surface area contributed by atoms with Gasteiger partial charge in [0.15, 0.2) is 0 Å². The topological polar surface area (TPSA) is 29.1 Å². The minimum Gasteiger partial charge on any atom is -0.325 e. The maximum atomic E-state index is 11.9. The largest absolute Gasteiger partial charge is 0.325 e. The molecule has 0 saturated carbocycles. The number of aryl methyl sites for hydroxylation is 1. The molecule has 2 aromatic carbocycles. The number of nitrogens with one attached hydrogen (secondary N) is 1. The van der Waals surface area contributed by atoms with Gasteiger partial charge in [0.05, 0.1) is 15.7 Å². The van der Waals surface area contributed by atoms with Gasteiger partial charge in [-0.1, -0.05) is 59.6 Å². The molecule has 2 nitrogen and oxygen atoms in total. The van der Waals surface area contributed by atoms with Gasteiger partial charge in [0.1, 0.15) is 0 Å². The van der Waals surface area contributed by atoms with Crippen LogP contribution in [0.15, 0.2) is 48.5 Å². The van der Waals surface area contributed by atoms with E-state index in [-0.39, 0.29) is 5.91 Å². The van der Waals surface area contributed by atoms with Crippen LogP contribution in [-0.4, -0.2) is 5.91 Å². The van der Waals surface area contributed by atoms with Gasteiger partial charge < -0.3 is 5.32 Å². The Labute approximate surface area is 128 Å². The molecule has 0 aliphatic rings. The predicted molar refractivity (Wildman–Crippen MR) is 84.5 cm³/mol. The van der Waals surface area contributed by atoms with Crippen LogP contribution in [0, 0.1) is 0 Å². The normalized spacial score (nSPS) is 10.3. The Bertz CT molecular complexity index is 584. The van der Waals surface area contributed by atoms with Crippen molar-refractivity contribution in [1.82, 2.24) is 0 Å². The summed E-state index contributed by atoms with van der Waals surface area (Å²) in [4.78, 5) is 11.9. The summed E-state index contributed by atoms with van der Waals surface area (Å²) >= 11 is 11.9. The monoisotopic (exact) mass is 307 g/mol. The Balaban J connectivity index is 1.82. The average molecular weight is 308 g/mol. The van der Waals surface area contributed by atoms with E-state index < -0.39 is 0 Å². The van der Waals surface area contributed by atoms with E-state index in [9.17, 15) is 4.79 Å². The number of rotatable bonds is 5. The molecule has 0 radical (unpaired) electrons. The van der Waals surface area contributed by atoms with E-state index >= 15 is 0 Å². The Morgan fingerprint density at radius 3 is 2.50 bits per heavy atom. The number of hydrogen-bond donors (Lipinski definition) is 1. The number of benzene rings is 2. The van der Waals surface area contributed by atoms with E-state index in [1.54, 1.807) is 18.2 Å². The molecular formula is C16H15Cl2NO. The van der Waals surface area contributed by atoms with E-state index in [1.807, 2.05) is 18.2 Å². The molecule has 0 aliphatic carbocycles. The van der Waals surface area contributed by atoms with Crippen molar-refractivity contribution >= 4 is 34.8 Å². The minimum absolute atomic E-state index is 0.0508. The molecule has 0 unspecified atom stereocenters. The molecule has 20 heavy (non-hydrogen) atoms. The SMILES string of the molecule is O=C(CCCc1ccccc1)Nc1cccc(Cl)c1Cl. The standard InChI is InChI=1S/C16H15Cl2NO/c17-13-9-5-10-14(16(13)18)19-15(20)11-4-8-12-6-2-1-3-7-12/h1-3,5-7,9-10H,4,8,11H2,(H,19,20). The van der Waals surface area contributed by atoms with Crippen molar-refractivity contribution in [3.05, 3.63) is 64.1 Å². The molecule has 0 aliphatic heterocycles. The first kappa shape index (κ1) is 14.9. The van der Waals surface area contributed by atoms with Gasteiger partial charge in [-0.15, -0.1) is 0 Å². The summed E-state index contributed by atoms with van der Waals surface area (Å²) in [6.07, 6.45) is 2.14. The van der Waals surface area contributed by atoms with E-state index in [4.69, 9.17) is 23.2 Å². The van der Waals surface area contributed by atoms with E-state index in [1.165, 1.54) is 5.56 Å². The van der Waals surface area contributed by atoms with Crippen molar-refractivity contribution in [2.45, 2.75) is 19.3 Å². The molecule has 1 N–H and O–H groups in total. The highest BCUT2D eigenvalue weighted by molar-refractivity contribution is 6.43. The second-order valence-corrected chi connectivity index (χ2v) is 5.27. The molecule has 2 aromatic rings. The van der Waals surface area contributed by atoms with E-state index in [2.05, 4.69) is 17.4 Å². The van der Waals surface area contributed by atoms with Crippen LogP contribution in [0.2, 0.25) is 10.0 Å². The highest BCUT2D eigenvalue weighted by Gasteiger charge is 2.08. The van der Waals surface area contributed by atoms with Crippen LogP contribution in [-0.2, 0) is 11.2 Å². The zero-order valence-corrected chi connectivity index (χ0v) is 12.4. The quantitative estimate of drug-likeness (QED) is 0.831. The third-order valence-electron chi connectivity index (χ3n) is 2.94. The molecule has 104 valence electrons. The van der Waals surface area contributed by atoms with E-state index in [0.717, 1.165) is 12.8 Å². The maximum Gasteiger partial charge on any atom is 0.224 e. The van der Waals surface area contributed by atoms with E-state index in [0.29, 0.717) is 22.2 Å². The molecule has 1 amide bonds. The lowest BCUT2D eigenvalue weighted by Crippen LogP contribution is -2.11. The summed E-state index contributed by atoms with van der Waals surface area (Å²) in [5, 5.41) is 3.60. The van der Waals surface area contributed by atoms with Crippen LogP contribution >= 0.6 is 23.2 Å². The fourth-order valence-electron chi connectivity index (χ4n) is 1.91. The molecule has 0 heterocycles. The van der Waals surface area contributed by atoms with Crippen molar-refractivity contribution in [2.75, 3.05) is 5.32 Å². The number of anilines is 1. The molecule has 4 heteroatoms. The second kappa shape index (κ2) is 7.32. The number of amides is 1. The third kappa shape index (κ3) is 4.26. The van der Waals surface area contributed by atoms with Gasteiger partial charge in [-0.25, -0.2) is 0 Å². The van der Waals surface area contributed by atoms with Gasteiger partial charge in [0.2, 0.25) is 5.91 Å². The van der Waals surface area contributed by atoms with Crippen LogP contribution in [0.25, 0.3) is 0 Å². The number of carbonyl (C=O) groups is 1. The summed E-state index contributed by atoms with van der Waals surface area (Å²) in [6, 6.07) is 15.3. The fourth-order valence-corrected chi connectivity index (χ4v) is 2.26. The Hall–Kier alpha value is -1.51. The van der Waals surface area contributed by atoms with Crippen molar-refractivity contribution in [1.29, 1.82) is 0 Å². The van der Waals surface area contributed by atoms with Crippen LogP contribution in [0.3, 0.4) is 0 Å². The maximum absolute atomic E-state index is 11.9. The molecule has 0 saturated heterocycles. The van der Waals surface area contributed by atoms with Crippen molar-refractivity contribution < 1.29 is 4.79 Å². The summed E-state index contributed by atoms with van der Waals surface area (Å²) in [6.45, 7) is 0. The van der Waals surface area contributed by atoms with Gasteiger partial charge in [-0.2, -0.15) is 0 Å². The highest BCUT2D eigenvalue weighted by atomic mass is 35.5. The first-order chi connectivity index (χ1) is 9.66. The lowest BCUT2D eigenvalue weighted by Gasteiger charge is -2.08. The average Bonchev–Trinajstić information content (AvgIpc) is 2.45. The van der Waals surface area contributed by atoms with Crippen molar-refractivity contribution in [3.8, 4) is 0 Å². The molecule has 0 fully saturated rings. The molecule has 0 bridgehead atoms. The van der Waals surface area contributed by atoms with Crippen molar-refractivity contribution in [3.63, 3.8) is 0 Å². The van der Waals surface area contributed by atoms with Gasteiger partial charge in [0.25, 0.3) is 0 Å². The molecular weight excluding hydrogens is 293 g/mol. The number of halogens is 2. The predicted octanol–water partition coefficient (Wildman–Crippen LogP) is 4.95. The zero-order valence-electron chi connectivity index (χ0n) is 10.9. The number of carbonyl (C=O) groups excluding carboxylic acids is 1. The Morgan fingerprint density at radius 1 is 1.00 bits per heavy atom. The van der Waals surface area contributed by atoms with Crippen LogP contribution in [0.4, 0.5) is 5.69 Å². The number of hydrogen-bond acceptors (Lipinski definition) is 1. The zero-order chi connectivity index (χ0) is 14.4. The first-order valence-corrected chi connectivity index (χ1v) is 7.20. The minimum atomic E-state index is -0.0508. The molecule has 0 atom stereocenters.